The summed E-state index contributed by atoms with van der Waals surface area (Å²) >= 11 is 3.49. The summed E-state index contributed by atoms with van der Waals surface area (Å²) in [7, 11) is 4.70. The van der Waals surface area contributed by atoms with Gasteiger partial charge in [0.2, 0.25) is 0 Å². The molecular formula is C12H27BrClN. The first-order valence-electron chi connectivity index (χ1n) is 6.00. The van der Waals surface area contributed by atoms with Gasteiger partial charge in [0.15, 0.2) is 0 Å². The number of halogens is 2. The van der Waals surface area contributed by atoms with Gasteiger partial charge in [-0.1, -0.05) is 42.1 Å². The zero-order valence-corrected chi connectivity index (χ0v) is 12.9. The molecule has 15 heavy (non-hydrogen) atoms. The molecule has 0 aromatic heterocycles. The lowest BCUT2D eigenvalue weighted by atomic mass is 10.1. The van der Waals surface area contributed by atoms with Gasteiger partial charge in [0.05, 0.1) is 27.2 Å². The summed E-state index contributed by atoms with van der Waals surface area (Å²) in [5.41, 5.74) is 0. The molecule has 0 heterocycles. The Labute approximate surface area is 111 Å². The highest BCUT2D eigenvalue weighted by atomic mass is 79.9. The van der Waals surface area contributed by atoms with Crippen LogP contribution in [-0.4, -0.2) is 37.0 Å². The first-order chi connectivity index (χ1) is 6.62. The van der Waals surface area contributed by atoms with E-state index in [1.54, 1.807) is 0 Å². The average molecular weight is 301 g/mol. The van der Waals surface area contributed by atoms with Gasteiger partial charge < -0.3 is 16.9 Å². The Morgan fingerprint density at radius 3 is 1.93 bits per heavy atom. The molecule has 0 aromatic carbocycles. The molecule has 0 aliphatic carbocycles. The summed E-state index contributed by atoms with van der Waals surface area (Å²) in [4.78, 5) is 0. The molecular weight excluding hydrogens is 273 g/mol. The lowest BCUT2D eigenvalue weighted by molar-refractivity contribution is -0.890. The molecule has 0 saturated carbocycles. The molecule has 0 saturated heterocycles. The minimum Gasteiger partial charge on any atom is -1.00 e. The van der Waals surface area contributed by atoms with Crippen molar-refractivity contribution in [3.05, 3.63) is 0 Å². The average Bonchev–Trinajstić information content (AvgIpc) is 2.15. The molecule has 0 N–H and O–H groups in total. The Hall–Kier alpha value is 0.730. The topological polar surface area (TPSA) is 0 Å². The zero-order valence-electron chi connectivity index (χ0n) is 10.6. The smallest absolute Gasteiger partial charge is 0.0790 e. The van der Waals surface area contributed by atoms with Crippen LogP contribution >= 0.6 is 15.9 Å². The molecule has 94 valence electrons. The molecule has 1 nitrogen and oxygen atoms in total. The fraction of sp³-hybridized carbons (Fsp3) is 1.00. The zero-order chi connectivity index (χ0) is 10.9. The van der Waals surface area contributed by atoms with E-state index >= 15 is 0 Å². The minimum atomic E-state index is 0. The van der Waals surface area contributed by atoms with Crippen LogP contribution < -0.4 is 12.4 Å². The van der Waals surface area contributed by atoms with Gasteiger partial charge in [-0.3, -0.25) is 0 Å². The van der Waals surface area contributed by atoms with Crippen LogP contribution in [0.3, 0.4) is 0 Å². The number of alkyl halides is 1. The van der Waals surface area contributed by atoms with Crippen LogP contribution in [0.5, 0.6) is 0 Å². The van der Waals surface area contributed by atoms with E-state index in [1.807, 2.05) is 0 Å². The molecule has 0 unspecified atom stereocenters. The van der Waals surface area contributed by atoms with E-state index in [-0.39, 0.29) is 12.4 Å². The number of hydrogen-bond acceptors (Lipinski definition) is 0. The van der Waals surface area contributed by atoms with Crippen LogP contribution in [0, 0.1) is 0 Å². The lowest BCUT2D eigenvalue weighted by Gasteiger charge is -2.29. The van der Waals surface area contributed by atoms with Crippen LogP contribution in [0.2, 0.25) is 0 Å². The van der Waals surface area contributed by atoms with Crippen molar-refractivity contribution in [2.75, 3.05) is 32.5 Å². The van der Waals surface area contributed by atoms with Crippen LogP contribution in [0.15, 0.2) is 0 Å². The predicted molar refractivity (Wildman–Crippen MR) is 69.0 cm³/mol. The molecule has 0 aliphatic rings. The Morgan fingerprint density at radius 1 is 0.867 bits per heavy atom. The van der Waals surface area contributed by atoms with Crippen molar-refractivity contribution in [3.8, 4) is 0 Å². The molecule has 0 radical (unpaired) electrons. The Balaban J connectivity index is 0. The van der Waals surface area contributed by atoms with Gasteiger partial charge >= 0.3 is 0 Å². The largest absolute Gasteiger partial charge is 1.00 e. The molecule has 0 aliphatic heterocycles. The Morgan fingerprint density at radius 2 is 1.40 bits per heavy atom. The molecule has 0 spiro atoms. The van der Waals surface area contributed by atoms with E-state index in [0.29, 0.717) is 0 Å². The first-order valence-corrected chi connectivity index (χ1v) is 7.12. The highest BCUT2D eigenvalue weighted by molar-refractivity contribution is 9.09. The highest BCUT2D eigenvalue weighted by Crippen LogP contribution is 2.08. The number of unbranched alkanes of at least 4 members (excludes halogenated alkanes) is 4. The van der Waals surface area contributed by atoms with Gasteiger partial charge in [-0.2, -0.15) is 0 Å². The third kappa shape index (κ3) is 12.7. The van der Waals surface area contributed by atoms with Crippen molar-refractivity contribution >= 4 is 15.9 Å². The van der Waals surface area contributed by atoms with Crippen molar-refractivity contribution in [1.29, 1.82) is 0 Å². The van der Waals surface area contributed by atoms with Gasteiger partial charge in [0.1, 0.15) is 0 Å². The normalized spacial score (nSPS) is 11.2. The minimum absolute atomic E-state index is 0. The summed E-state index contributed by atoms with van der Waals surface area (Å²) in [6.45, 7) is 4.92. The van der Waals surface area contributed by atoms with Crippen LogP contribution in [-0.2, 0) is 0 Å². The quantitative estimate of drug-likeness (QED) is 0.336. The predicted octanol–water partition coefficient (Wildman–Crippen LogP) is 0.822. The maximum absolute atomic E-state index is 3.49. The lowest BCUT2D eigenvalue weighted by Crippen LogP contribution is -3.00. The Kier molecular flexibility index (Phi) is 13.5. The second kappa shape index (κ2) is 11.2. The summed E-state index contributed by atoms with van der Waals surface area (Å²) in [6.07, 6.45) is 8.30. The second-order valence-corrected chi connectivity index (χ2v) is 5.63. The van der Waals surface area contributed by atoms with Crippen LogP contribution in [0.4, 0.5) is 0 Å². The number of hydrogen-bond donors (Lipinski definition) is 0. The van der Waals surface area contributed by atoms with Gasteiger partial charge in [-0.25, -0.2) is 0 Å². The highest BCUT2D eigenvalue weighted by Gasteiger charge is 2.12. The molecule has 0 aromatic rings. The first kappa shape index (κ1) is 18.1. The number of nitrogens with zero attached hydrogens (tertiary/aromatic N) is 1. The van der Waals surface area contributed by atoms with Crippen LogP contribution in [0.1, 0.15) is 45.4 Å². The molecule has 0 amide bonds. The summed E-state index contributed by atoms with van der Waals surface area (Å²) in [5.74, 6) is 0. The summed E-state index contributed by atoms with van der Waals surface area (Å²) < 4.78 is 1.19. The van der Waals surface area contributed by atoms with Gasteiger partial charge in [-0.15, -0.1) is 0 Å². The monoisotopic (exact) mass is 299 g/mol. The van der Waals surface area contributed by atoms with Gasteiger partial charge in [0, 0.05) is 11.8 Å². The number of rotatable bonds is 9. The van der Waals surface area contributed by atoms with Gasteiger partial charge in [0.25, 0.3) is 0 Å². The summed E-state index contributed by atoms with van der Waals surface area (Å²) in [6, 6.07) is 0. The maximum Gasteiger partial charge on any atom is 0.0790 e. The molecule has 0 rings (SSSR count). The third-order valence-electron chi connectivity index (χ3n) is 2.76. The van der Waals surface area contributed by atoms with Crippen molar-refractivity contribution < 1.29 is 16.9 Å². The van der Waals surface area contributed by atoms with E-state index in [9.17, 15) is 0 Å². The molecule has 0 bridgehead atoms. The second-order valence-electron chi connectivity index (χ2n) is 4.84. The van der Waals surface area contributed by atoms with Crippen molar-refractivity contribution in [3.63, 3.8) is 0 Å². The molecule has 0 atom stereocenters. The fourth-order valence-electron chi connectivity index (χ4n) is 1.74. The standard InChI is InChI=1S/C12H27BrN.ClH/c1-4-5-6-7-8-11-14(2,3)12-9-10-13;/h4-12H2,1-3H3;1H/q+1;/p-1. The van der Waals surface area contributed by atoms with E-state index in [1.165, 1.54) is 56.1 Å². The van der Waals surface area contributed by atoms with E-state index < -0.39 is 0 Å². The maximum atomic E-state index is 3.49. The van der Waals surface area contributed by atoms with E-state index in [4.69, 9.17) is 0 Å². The van der Waals surface area contributed by atoms with Crippen LogP contribution in [0.25, 0.3) is 0 Å². The van der Waals surface area contributed by atoms with Crippen molar-refractivity contribution in [1.82, 2.24) is 0 Å². The fourth-order valence-corrected chi connectivity index (χ4v) is 1.99. The molecule has 0 fully saturated rings. The molecule has 3 heteroatoms. The summed E-state index contributed by atoms with van der Waals surface area (Å²) in [5, 5.41) is 1.14. The van der Waals surface area contributed by atoms with E-state index in [0.717, 1.165) is 5.33 Å². The Bertz CT molecular complexity index is 129. The third-order valence-corrected chi connectivity index (χ3v) is 3.32. The number of quaternary nitrogens is 1. The van der Waals surface area contributed by atoms with Crippen molar-refractivity contribution in [2.24, 2.45) is 0 Å². The van der Waals surface area contributed by atoms with E-state index in [2.05, 4.69) is 36.9 Å². The SMILES string of the molecule is CCCCCCC[N+](C)(C)CCCBr.[Cl-]. The van der Waals surface area contributed by atoms with Crippen molar-refractivity contribution in [2.45, 2.75) is 45.4 Å². The van der Waals surface area contributed by atoms with Gasteiger partial charge in [-0.05, 0) is 12.8 Å².